The van der Waals surface area contributed by atoms with Crippen molar-refractivity contribution in [3.05, 3.63) is 12.8 Å². The minimum atomic E-state index is -3.20. The summed E-state index contributed by atoms with van der Waals surface area (Å²) in [5, 5.41) is 0. The second kappa shape index (κ2) is 8.88. The average Bonchev–Trinajstić information content (AvgIpc) is 1.62. The Balaban J connectivity index is 0. The number of hydrogen-bond donors (Lipinski definition) is 3. The maximum Gasteiger partial charge on any atom is 0.323 e. The Bertz CT molecular complexity index is 124. The molecule has 0 aliphatic carbocycles. The maximum atomic E-state index is 9.44. The summed E-state index contributed by atoms with van der Waals surface area (Å²) in [6.07, 6.45) is 1.25. The number of nitrogens with two attached hydrogens (primary N) is 1. The SMILES string of the molecule is C=CN.O=[PH](O)O[PH](=O)O. The molecule has 2 unspecified atom stereocenters. The Morgan fingerprint density at radius 1 is 1.40 bits per heavy atom. The van der Waals surface area contributed by atoms with E-state index in [2.05, 4.69) is 16.6 Å². The monoisotopic (exact) mass is 189 g/mol. The Morgan fingerprint density at radius 3 is 1.60 bits per heavy atom. The first kappa shape index (κ1) is 12.5. The van der Waals surface area contributed by atoms with Crippen molar-refractivity contribution in [2.75, 3.05) is 0 Å². The van der Waals surface area contributed by atoms with E-state index in [1.807, 2.05) is 0 Å². The van der Waals surface area contributed by atoms with Gasteiger partial charge in [-0.15, -0.1) is 0 Å². The molecule has 0 aromatic carbocycles. The molecule has 0 spiro atoms. The molecule has 0 saturated heterocycles. The second-order valence-electron chi connectivity index (χ2n) is 0.870. The highest BCUT2D eigenvalue weighted by molar-refractivity contribution is 7.46. The van der Waals surface area contributed by atoms with Gasteiger partial charge in [-0.25, -0.2) is 4.31 Å². The van der Waals surface area contributed by atoms with Crippen molar-refractivity contribution in [2.24, 2.45) is 5.73 Å². The van der Waals surface area contributed by atoms with Crippen molar-refractivity contribution in [1.29, 1.82) is 0 Å². The standard InChI is InChI=1S/C2H5N.H4O5P2/c1-2-3;1-6(2)5-7(3)4/h2H,1,3H2;6-7H,(H,1,2)(H,3,4). The molecule has 0 rings (SSSR count). The predicted molar refractivity (Wildman–Crippen MR) is 37.9 cm³/mol. The van der Waals surface area contributed by atoms with Crippen molar-refractivity contribution >= 4 is 16.5 Å². The van der Waals surface area contributed by atoms with Crippen LogP contribution in [0.3, 0.4) is 0 Å². The molecule has 0 aliphatic rings. The molecule has 0 bridgehead atoms. The van der Waals surface area contributed by atoms with Crippen LogP contribution < -0.4 is 5.73 Å². The van der Waals surface area contributed by atoms with Crippen molar-refractivity contribution in [3.8, 4) is 0 Å². The minimum absolute atomic E-state index is 1.25. The zero-order chi connectivity index (χ0) is 8.57. The molecular weight excluding hydrogens is 180 g/mol. The summed E-state index contributed by atoms with van der Waals surface area (Å²) < 4.78 is 22.3. The van der Waals surface area contributed by atoms with Crippen LogP contribution in [-0.4, -0.2) is 9.79 Å². The largest absolute Gasteiger partial charge is 0.405 e. The highest BCUT2D eigenvalue weighted by Gasteiger charge is 1.93. The maximum absolute atomic E-state index is 9.44. The van der Waals surface area contributed by atoms with Crippen LogP contribution in [0.4, 0.5) is 0 Å². The first-order chi connectivity index (χ1) is 4.54. The summed E-state index contributed by atoms with van der Waals surface area (Å²) in [5.41, 5.74) is 4.61. The van der Waals surface area contributed by atoms with Crippen molar-refractivity contribution < 1.29 is 23.2 Å². The Kier molecular flexibility index (Phi) is 11.1. The molecule has 6 nitrogen and oxygen atoms in total. The van der Waals surface area contributed by atoms with Gasteiger partial charge in [-0.1, -0.05) is 6.58 Å². The molecule has 0 radical (unpaired) electrons. The predicted octanol–water partition coefficient (Wildman–Crippen LogP) is -0.144. The lowest BCUT2D eigenvalue weighted by Gasteiger charge is -1.86. The van der Waals surface area contributed by atoms with E-state index >= 15 is 0 Å². The molecule has 0 aliphatic heterocycles. The third-order valence-electron chi connectivity index (χ3n) is 0.175. The number of rotatable bonds is 2. The minimum Gasteiger partial charge on any atom is -0.405 e. The lowest BCUT2D eigenvalue weighted by atomic mass is 11.1. The molecule has 0 fully saturated rings. The van der Waals surface area contributed by atoms with Gasteiger partial charge in [0.2, 0.25) is 0 Å². The lowest BCUT2D eigenvalue weighted by molar-refractivity contribution is 0.371. The quantitative estimate of drug-likeness (QED) is 0.521. The fourth-order valence-electron chi connectivity index (χ4n) is 0.0747. The summed E-state index contributed by atoms with van der Waals surface area (Å²) in [6.45, 7) is 3.14. The van der Waals surface area contributed by atoms with Crippen molar-refractivity contribution in [3.63, 3.8) is 0 Å². The molecule has 0 aromatic heterocycles. The Labute approximate surface area is 59.2 Å². The van der Waals surface area contributed by atoms with E-state index in [9.17, 15) is 9.13 Å². The molecule has 8 heteroatoms. The van der Waals surface area contributed by atoms with Crippen LogP contribution in [0, 0.1) is 0 Å². The molecule has 62 valence electrons. The summed E-state index contributed by atoms with van der Waals surface area (Å²) in [5.74, 6) is 0. The van der Waals surface area contributed by atoms with Crippen LogP contribution in [0.1, 0.15) is 0 Å². The van der Waals surface area contributed by atoms with Gasteiger partial charge in [0.1, 0.15) is 0 Å². The topological polar surface area (TPSA) is 110 Å². The van der Waals surface area contributed by atoms with E-state index < -0.39 is 16.5 Å². The molecular formula is C2H9NO5P2. The number of hydrogen-bond acceptors (Lipinski definition) is 4. The van der Waals surface area contributed by atoms with E-state index in [-0.39, 0.29) is 0 Å². The smallest absolute Gasteiger partial charge is 0.323 e. The first-order valence-electron chi connectivity index (χ1n) is 2.01. The van der Waals surface area contributed by atoms with E-state index in [1.165, 1.54) is 6.20 Å². The zero-order valence-electron chi connectivity index (χ0n) is 4.98. The van der Waals surface area contributed by atoms with Crippen LogP contribution in [0.25, 0.3) is 0 Å². The summed E-state index contributed by atoms with van der Waals surface area (Å²) in [4.78, 5) is 15.4. The summed E-state index contributed by atoms with van der Waals surface area (Å²) in [7, 11) is -6.40. The van der Waals surface area contributed by atoms with Gasteiger partial charge >= 0.3 is 16.5 Å². The fraction of sp³-hybridized carbons (Fsp3) is 0. The zero-order valence-corrected chi connectivity index (χ0v) is 6.98. The van der Waals surface area contributed by atoms with Crippen LogP contribution in [0.15, 0.2) is 12.8 Å². The third kappa shape index (κ3) is 24.8. The van der Waals surface area contributed by atoms with Gasteiger partial charge in [-0.3, -0.25) is 9.13 Å². The Morgan fingerprint density at radius 2 is 1.60 bits per heavy atom. The van der Waals surface area contributed by atoms with Crippen LogP contribution in [0.2, 0.25) is 0 Å². The normalized spacial score (nSPS) is 14.2. The van der Waals surface area contributed by atoms with Gasteiger partial charge in [-0.05, 0) is 6.20 Å². The van der Waals surface area contributed by atoms with E-state index in [0.29, 0.717) is 0 Å². The van der Waals surface area contributed by atoms with Crippen LogP contribution >= 0.6 is 16.5 Å². The first-order valence-corrected chi connectivity index (χ1v) is 4.53. The third-order valence-corrected chi connectivity index (χ3v) is 1.57. The highest BCUT2D eigenvalue weighted by atomic mass is 31.2. The molecule has 10 heavy (non-hydrogen) atoms. The van der Waals surface area contributed by atoms with Crippen LogP contribution in [-0.2, 0) is 13.4 Å². The second-order valence-corrected chi connectivity index (χ2v) is 2.75. The fourth-order valence-corrected chi connectivity index (χ4v) is 0.672. The molecule has 4 N–H and O–H groups in total. The summed E-state index contributed by atoms with van der Waals surface area (Å²) >= 11 is 0. The molecule has 2 atom stereocenters. The van der Waals surface area contributed by atoms with E-state index in [0.717, 1.165) is 0 Å². The van der Waals surface area contributed by atoms with Gasteiger partial charge in [0.25, 0.3) is 0 Å². The summed E-state index contributed by atoms with van der Waals surface area (Å²) in [6, 6.07) is 0. The van der Waals surface area contributed by atoms with Gasteiger partial charge in [-0.2, -0.15) is 0 Å². The van der Waals surface area contributed by atoms with E-state index in [4.69, 9.17) is 9.79 Å². The average molecular weight is 189 g/mol. The molecule has 0 aromatic rings. The van der Waals surface area contributed by atoms with Crippen molar-refractivity contribution in [1.82, 2.24) is 0 Å². The van der Waals surface area contributed by atoms with Gasteiger partial charge in [0, 0.05) is 0 Å². The lowest BCUT2D eigenvalue weighted by Crippen LogP contribution is -1.67. The molecule has 0 amide bonds. The van der Waals surface area contributed by atoms with Gasteiger partial charge in [0.05, 0.1) is 0 Å². The Hall–Kier alpha value is -0.120. The highest BCUT2D eigenvalue weighted by Crippen LogP contribution is 2.30. The molecule has 0 saturated carbocycles. The van der Waals surface area contributed by atoms with Gasteiger partial charge in [0.15, 0.2) is 0 Å². The van der Waals surface area contributed by atoms with E-state index in [1.54, 1.807) is 0 Å². The van der Waals surface area contributed by atoms with Crippen molar-refractivity contribution in [2.45, 2.75) is 0 Å². The van der Waals surface area contributed by atoms with Gasteiger partial charge < -0.3 is 15.5 Å². The molecule has 0 heterocycles. The van der Waals surface area contributed by atoms with Crippen LogP contribution in [0.5, 0.6) is 0 Å².